The number of cyclic esters (lactones) is 1. The lowest BCUT2D eigenvalue weighted by Gasteiger charge is -2.36. The predicted octanol–water partition coefficient (Wildman–Crippen LogP) is 3.49. The Bertz CT molecular complexity index is 1180. The van der Waals surface area contributed by atoms with E-state index >= 15 is 0 Å². The van der Waals surface area contributed by atoms with E-state index in [2.05, 4.69) is 11.8 Å². The van der Waals surface area contributed by atoms with Gasteiger partial charge in [-0.1, -0.05) is 52.0 Å². The number of fused-ring (bicyclic) bond motifs is 2. The number of aliphatic hydroxyl groups excluding tert-OH is 2. The number of likely N-dealkylation sites (tertiary alicyclic amines) is 2. The van der Waals surface area contributed by atoms with E-state index in [0.29, 0.717) is 31.0 Å². The summed E-state index contributed by atoms with van der Waals surface area (Å²) in [6.07, 6.45) is 6.77. The van der Waals surface area contributed by atoms with Crippen LogP contribution in [0, 0.1) is 11.8 Å². The van der Waals surface area contributed by atoms with Crippen LogP contribution in [0.15, 0.2) is 36.0 Å². The SMILES string of the molecule is CCC(O)C(C)C1OC1CC(C)(O)/C=C/C=C(\C)C1OC(=O)CC(O)CCC(C)(O)C(OC(=O)N2C[C@@H]3C[C@H]2CN3CC)/C=C\C1C. The predicted molar refractivity (Wildman–Crippen MR) is 177 cm³/mol. The maximum absolute atomic E-state index is 13.4. The number of nitrogens with zero attached hydrogens (tertiary/aromatic N) is 2. The molecule has 1 amide bonds. The van der Waals surface area contributed by atoms with Crippen LogP contribution < -0.4 is 0 Å². The Balaban J connectivity index is 1.46. The monoisotopic (exact) mass is 662 g/mol. The molecule has 266 valence electrons. The van der Waals surface area contributed by atoms with Crippen LogP contribution in [0.2, 0.25) is 0 Å². The van der Waals surface area contributed by atoms with E-state index in [1.165, 1.54) is 0 Å². The second-order valence-electron chi connectivity index (χ2n) is 14.8. The fourth-order valence-corrected chi connectivity index (χ4v) is 7.34. The first-order valence-corrected chi connectivity index (χ1v) is 17.5. The fraction of sp³-hybridized carbons (Fsp3) is 0.778. The summed E-state index contributed by atoms with van der Waals surface area (Å²) in [7, 11) is 0. The van der Waals surface area contributed by atoms with E-state index in [1.54, 1.807) is 49.1 Å². The lowest BCUT2D eigenvalue weighted by molar-refractivity contribution is -0.151. The third kappa shape index (κ3) is 9.67. The summed E-state index contributed by atoms with van der Waals surface area (Å²) in [6, 6.07) is 0.417. The van der Waals surface area contributed by atoms with Gasteiger partial charge in [0.25, 0.3) is 0 Å². The third-order valence-corrected chi connectivity index (χ3v) is 10.6. The van der Waals surface area contributed by atoms with Crippen molar-refractivity contribution in [2.45, 2.75) is 147 Å². The number of esters is 1. The molecule has 47 heavy (non-hydrogen) atoms. The second kappa shape index (κ2) is 15.5. The number of hydrogen-bond acceptors (Lipinski definition) is 10. The van der Waals surface area contributed by atoms with Gasteiger partial charge in [-0.15, -0.1) is 0 Å². The van der Waals surface area contributed by atoms with Crippen molar-refractivity contribution in [1.29, 1.82) is 0 Å². The second-order valence-corrected chi connectivity index (χ2v) is 14.8. The molecule has 11 heteroatoms. The van der Waals surface area contributed by atoms with E-state index in [4.69, 9.17) is 14.2 Å². The Hall–Kier alpha value is -2.28. The molecule has 0 spiro atoms. The van der Waals surface area contributed by atoms with Gasteiger partial charge >= 0.3 is 12.1 Å². The fourth-order valence-electron chi connectivity index (χ4n) is 7.34. The molecule has 11 nitrogen and oxygen atoms in total. The van der Waals surface area contributed by atoms with Crippen molar-refractivity contribution in [1.82, 2.24) is 9.80 Å². The van der Waals surface area contributed by atoms with E-state index < -0.39 is 47.7 Å². The highest BCUT2D eigenvalue weighted by molar-refractivity contribution is 5.70. The molecular formula is C36H58N2O9. The van der Waals surface area contributed by atoms with Gasteiger partial charge in [0.1, 0.15) is 11.7 Å². The maximum atomic E-state index is 13.4. The van der Waals surface area contributed by atoms with Crippen LogP contribution >= 0.6 is 0 Å². The topological polar surface area (TPSA) is 153 Å². The molecule has 3 fully saturated rings. The molecule has 0 aromatic carbocycles. The van der Waals surface area contributed by atoms with Crippen molar-refractivity contribution in [3.63, 3.8) is 0 Å². The van der Waals surface area contributed by atoms with Crippen LogP contribution in [-0.2, 0) is 19.0 Å². The zero-order valence-electron chi connectivity index (χ0n) is 29.2. The van der Waals surface area contributed by atoms with E-state index in [9.17, 15) is 30.0 Å². The van der Waals surface area contributed by atoms with Gasteiger partial charge in [0, 0.05) is 43.4 Å². The zero-order valence-corrected chi connectivity index (χ0v) is 29.2. The molecule has 4 aliphatic heterocycles. The van der Waals surface area contributed by atoms with Gasteiger partial charge < -0.3 is 39.5 Å². The molecule has 0 radical (unpaired) electrons. The van der Waals surface area contributed by atoms with Crippen LogP contribution in [-0.4, -0.2) is 122 Å². The molecule has 4 heterocycles. The first-order valence-electron chi connectivity index (χ1n) is 17.5. The number of carbonyl (C=O) groups is 2. The molecule has 12 atom stereocenters. The number of aliphatic hydroxyl groups is 4. The van der Waals surface area contributed by atoms with Gasteiger partial charge in [0.15, 0.2) is 6.10 Å². The van der Waals surface area contributed by atoms with Crippen LogP contribution in [0.1, 0.15) is 87.0 Å². The largest absolute Gasteiger partial charge is 0.457 e. The summed E-state index contributed by atoms with van der Waals surface area (Å²) in [5.41, 5.74) is -1.92. The Morgan fingerprint density at radius 2 is 1.98 bits per heavy atom. The highest BCUT2D eigenvalue weighted by Gasteiger charge is 2.48. The minimum atomic E-state index is -1.48. The number of rotatable bonds is 10. The van der Waals surface area contributed by atoms with Crippen molar-refractivity contribution in [3.05, 3.63) is 36.0 Å². The molecule has 3 saturated heterocycles. The highest BCUT2D eigenvalue weighted by atomic mass is 16.6. The van der Waals surface area contributed by atoms with E-state index in [-0.39, 0.29) is 49.3 Å². The molecule has 0 aromatic rings. The Labute approximate surface area is 280 Å². The Morgan fingerprint density at radius 1 is 1.26 bits per heavy atom. The van der Waals surface area contributed by atoms with Crippen LogP contribution in [0.25, 0.3) is 0 Å². The molecule has 4 rings (SSSR count). The molecule has 0 saturated carbocycles. The van der Waals surface area contributed by atoms with Gasteiger partial charge in [-0.3, -0.25) is 9.69 Å². The number of hydrogen-bond donors (Lipinski definition) is 4. The van der Waals surface area contributed by atoms with Crippen molar-refractivity contribution in [2.24, 2.45) is 11.8 Å². The number of epoxide rings is 1. The average Bonchev–Trinajstić information content (AvgIpc) is 3.44. The first-order chi connectivity index (χ1) is 22.0. The highest BCUT2D eigenvalue weighted by Crippen LogP contribution is 2.38. The standard InChI is InChI=1S/C36H58N2O9/c1-8-28(40)24(5)33-29(45-33)19-35(6,43)15-10-11-22(3)32-23(4)12-13-30(36(7,44)16-14-27(39)18-31(41)47-32)46-34(42)38-21-25-17-26(38)20-37(25)9-2/h10-13,15,23-30,32-33,39-40,43-44H,8-9,14,16-21H2,1-7H3/b13-12-,15-10+,22-11+/t23?,24?,25-,26-,27?,28?,29?,30?,32?,33?,35?,36?/m0/s1. The van der Waals surface area contributed by atoms with Crippen LogP contribution in [0.4, 0.5) is 4.79 Å². The molecule has 0 aromatic heterocycles. The van der Waals surface area contributed by atoms with E-state index in [0.717, 1.165) is 19.5 Å². The minimum absolute atomic E-state index is 0.00958. The summed E-state index contributed by atoms with van der Waals surface area (Å²) in [5.74, 6) is -0.935. The van der Waals surface area contributed by atoms with Gasteiger partial charge in [-0.2, -0.15) is 0 Å². The Kier molecular flexibility index (Phi) is 12.4. The zero-order chi connectivity index (χ0) is 34.7. The molecule has 2 bridgehead atoms. The number of amides is 1. The normalized spacial score (nSPS) is 38.7. The number of piperazine rings is 1. The van der Waals surface area contributed by atoms with Crippen molar-refractivity contribution in [3.8, 4) is 0 Å². The number of carbonyl (C=O) groups excluding carboxylic acids is 2. The summed E-state index contributed by atoms with van der Waals surface area (Å²) in [4.78, 5) is 30.3. The van der Waals surface area contributed by atoms with Crippen LogP contribution in [0.3, 0.4) is 0 Å². The number of likely N-dealkylation sites (N-methyl/N-ethyl adjacent to an activating group) is 1. The van der Waals surface area contributed by atoms with Crippen molar-refractivity contribution in [2.75, 3.05) is 19.6 Å². The van der Waals surface area contributed by atoms with E-state index in [1.807, 2.05) is 27.7 Å². The third-order valence-electron chi connectivity index (χ3n) is 10.6. The van der Waals surface area contributed by atoms with Gasteiger partial charge in [-0.25, -0.2) is 4.79 Å². The molecule has 4 N–H and O–H groups in total. The van der Waals surface area contributed by atoms with Crippen LogP contribution in [0.5, 0.6) is 0 Å². The summed E-state index contributed by atoms with van der Waals surface area (Å²) < 4.78 is 17.6. The van der Waals surface area contributed by atoms with Gasteiger partial charge in [0.2, 0.25) is 0 Å². The Morgan fingerprint density at radius 3 is 2.62 bits per heavy atom. The summed E-state index contributed by atoms with van der Waals surface area (Å²) >= 11 is 0. The van der Waals surface area contributed by atoms with Gasteiger partial charge in [0.05, 0.1) is 36.4 Å². The number of allylic oxidation sites excluding steroid dienone is 2. The lowest BCUT2D eigenvalue weighted by Crippen LogP contribution is -2.51. The smallest absolute Gasteiger partial charge is 0.410 e. The minimum Gasteiger partial charge on any atom is -0.457 e. The van der Waals surface area contributed by atoms with Crippen molar-refractivity contribution >= 4 is 12.1 Å². The lowest BCUT2D eigenvalue weighted by atomic mass is 9.88. The first kappa shape index (κ1) is 37.5. The van der Waals surface area contributed by atoms with Crippen molar-refractivity contribution < 1.29 is 44.2 Å². The summed E-state index contributed by atoms with van der Waals surface area (Å²) in [6.45, 7) is 15.4. The quantitative estimate of drug-likeness (QED) is 0.118. The molecule has 10 unspecified atom stereocenters. The molecule has 0 aliphatic carbocycles. The maximum Gasteiger partial charge on any atom is 0.410 e. The average molecular weight is 663 g/mol. The number of ether oxygens (including phenoxy) is 3. The van der Waals surface area contributed by atoms with Gasteiger partial charge in [-0.05, 0) is 64.6 Å². The molecular weight excluding hydrogens is 604 g/mol. The molecule has 4 aliphatic rings. The summed E-state index contributed by atoms with van der Waals surface area (Å²) in [5, 5.41) is 43.2.